The molecule has 0 aliphatic rings. The zero-order valence-corrected chi connectivity index (χ0v) is 15.7. The van der Waals surface area contributed by atoms with E-state index in [0.29, 0.717) is 0 Å². The highest BCUT2D eigenvalue weighted by Gasteiger charge is 2.96. The third-order valence-corrected chi connectivity index (χ3v) is 4.70. The lowest BCUT2D eigenvalue weighted by molar-refractivity contribution is -0.468. The Bertz CT molecular complexity index is 794. The summed E-state index contributed by atoms with van der Waals surface area (Å²) < 4.78 is 257. The van der Waals surface area contributed by atoms with Gasteiger partial charge in [-0.05, 0) is 0 Å². The second-order valence-electron chi connectivity index (χ2n) is 6.36. The average molecular weight is 578 g/mol. The van der Waals surface area contributed by atoms with Crippen LogP contribution in [0.4, 0.5) is 83.4 Å². The summed E-state index contributed by atoms with van der Waals surface area (Å²) in [5.41, 5.74) is 0. The molecular formula is C11H6F19O3P. The van der Waals surface area contributed by atoms with Gasteiger partial charge in [0.1, 0.15) is 0 Å². The molecule has 23 heteroatoms. The molecule has 0 amide bonds. The average Bonchev–Trinajstić information content (AvgIpc) is 2.57. The molecule has 0 saturated carbocycles. The summed E-state index contributed by atoms with van der Waals surface area (Å²) >= 11 is 0. The summed E-state index contributed by atoms with van der Waals surface area (Å²) in [6.45, 7) is 0. The van der Waals surface area contributed by atoms with Gasteiger partial charge in [-0.1, -0.05) is 0 Å². The summed E-state index contributed by atoms with van der Waals surface area (Å²) in [5, 5.41) is 0. The molecule has 0 spiro atoms. The van der Waals surface area contributed by atoms with E-state index in [0.717, 1.165) is 0 Å². The molecular weight excluding hydrogens is 572 g/mol. The quantitative estimate of drug-likeness (QED) is 0.240. The van der Waals surface area contributed by atoms with Gasteiger partial charge in [-0.2, -0.15) is 83.4 Å². The van der Waals surface area contributed by atoms with Gasteiger partial charge in [-0.3, -0.25) is 4.57 Å². The molecule has 0 saturated heterocycles. The molecule has 0 aromatic carbocycles. The predicted molar refractivity (Wildman–Crippen MR) is 67.2 cm³/mol. The van der Waals surface area contributed by atoms with Crippen LogP contribution < -0.4 is 0 Å². The topological polar surface area (TPSA) is 57.5 Å². The van der Waals surface area contributed by atoms with Crippen molar-refractivity contribution in [2.24, 2.45) is 0 Å². The first kappa shape index (κ1) is 32.8. The van der Waals surface area contributed by atoms with Crippen LogP contribution in [0.25, 0.3) is 0 Å². The molecule has 0 atom stereocenters. The van der Waals surface area contributed by atoms with E-state index in [9.17, 15) is 88.0 Å². The van der Waals surface area contributed by atoms with E-state index in [1.54, 1.807) is 0 Å². The summed E-state index contributed by atoms with van der Waals surface area (Å²) in [5.74, 6) is -67.7. The maximum absolute atomic E-state index is 13.4. The highest BCUT2D eigenvalue weighted by Crippen LogP contribution is 2.65. The molecule has 0 aromatic heterocycles. The van der Waals surface area contributed by atoms with Crippen molar-refractivity contribution in [1.29, 1.82) is 0 Å². The SMILES string of the molecule is O=P(O)(O)CCC(F)(F)C(F)(F)C(F)(F)C(F)(F)C(F)(F)C(F)(F)C(F)(F)C(F)(F)C(F)(F)F. The Kier molecular flexibility index (Phi) is 7.89. The molecule has 0 unspecified atom stereocenters. The van der Waals surface area contributed by atoms with Crippen LogP contribution in [-0.4, -0.2) is 69.5 Å². The summed E-state index contributed by atoms with van der Waals surface area (Å²) in [4.78, 5) is 16.4. The first-order valence-electron chi connectivity index (χ1n) is 7.34. The van der Waals surface area contributed by atoms with Crippen LogP contribution in [-0.2, 0) is 4.57 Å². The van der Waals surface area contributed by atoms with E-state index in [-0.39, 0.29) is 0 Å². The molecule has 34 heavy (non-hydrogen) atoms. The zero-order chi connectivity index (χ0) is 28.4. The molecule has 0 heterocycles. The maximum atomic E-state index is 13.4. The molecule has 0 radical (unpaired) electrons. The fraction of sp³-hybridized carbons (Fsp3) is 1.00. The van der Waals surface area contributed by atoms with E-state index in [4.69, 9.17) is 9.79 Å². The number of rotatable bonds is 10. The van der Waals surface area contributed by atoms with Crippen LogP contribution in [0.15, 0.2) is 0 Å². The Labute approximate surface area is 173 Å². The maximum Gasteiger partial charge on any atom is 0.460 e. The van der Waals surface area contributed by atoms with Crippen LogP contribution in [0.5, 0.6) is 0 Å². The van der Waals surface area contributed by atoms with Gasteiger partial charge >= 0.3 is 61.2 Å². The Hall–Kier alpha value is -1.18. The standard InChI is InChI=1S/C11H6F19O3P/c12-3(13,1-2-34(31,32)33)4(14,15)5(16,17)6(18,19)7(20,21)8(22,23)9(24,25)10(26,27)11(28,29)30/h1-2H2,(H2,31,32,33). The van der Waals surface area contributed by atoms with Crippen molar-refractivity contribution in [3.05, 3.63) is 0 Å². The minimum Gasteiger partial charge on any atom is -0.324 e. The fourth-order valence-corrected chi connectivity index (χ4v) is 2.41. The van der Waals surface area contributed by atoms with Crippen LogP contribution in [0.1, 0.15) is 6.42 Å². The van der Waals surface area contributed by atoms with Gasteiger partial charge in [0.15, 0.2) is 0 Å². The number of halogens is 19. The second-order valence-corrected chi connectivity index (χ2v) is 8.14. The first-order valence-corrected chi connectivity index (χ1v) is 9.14. The lowest BCUT2D eigenvalue weighted by atomic mass is 9.87. The highest BCUT2D eigenvalue weighted by molar-refractivity contribution is 7.51. The molecule has 206 valence electrons. The van der Waals surface area contributed by atoms with E-state index < -0.39 is 73.7 Å². The number of hydrogen-bond donors (Lipinski definition) is 2. The van der Waals surface area contributed by atoms with Crippen molar-refractivity contribution in [2.45, 2.75) is 60.0 Å². The molecule has 0 rings (SSSR count). The predicted octanol–water partition coefficient (Wildman–Crippen LogP) is 6.20. The molecule has 0 aliphatic heterocycles. The van der Waals surface area contributed by atoms with Crippen LogP contribution in [0.2, 0.25) is 0 Å². The Morgan fingerprint density at radius 2 is 0.676 bits per heavy atom. The summed E-state index contributed by atoms with van der Waals surface area (Å²) in [7, 11) is -5.84. The molecule has 0 fully saturated rings. The smallest absolute Gasteiger partial charge is 0.324 e. The molecule has 0 aliphatic carbocycles. The van der Waals surface area contributed by atoms with E-state index in [2.05, 4.69) is 0 Å². The van der Waals surface area contributed by atoms with E-state index in [1.807, 2.05) is 0 Å². The largest absolute Gasteiger partial charge is 0.460 e. The minimum atomic E-state index is -9.02. The Morgan fingerprint density at radius 1 is 0.441 bits per heavy atom. The normalized spacial score (nSPS) is 16.7. The van der Waals surface area contributed by atoms with Crippen molar-refractivity contribution in [3.8, 4) is 0 Å². The van der Waals surface area contributed by atoms with Gasteiger partial charge in [-0.25, -0.2) is 0 Å². The van der Waals surface area contributed by atoms with Gasteiger partial charge < -0.3 is 9.79 Å². The summed E-state index contributed by atoms with van der Waals surface area (Å²) in [6, 6.07) is 0. The fourth-order valence-electron chi connectivity index (χ4n) is 1.84. The summed E-state index contributed by atoms with van der Waals surface area (Å²) in [6.07, 6.45) is -13.8. The molecule has 3 nitrogen and oxygen atoms in total. The molecule has 0 aromatic rings. The van der Waals surface area contributed by atoms with E-state index >= 15 is 0 Å². The Balaban J connectivity index is 6.80. The van der Waals surface area contributed by atoms with Gasteiger partial charge in [0.2, 0.25) is 0 Å². The zero-order valence-electron chi connectivity index (χ0n) is 14.8. The third-order valence-electron chi connectivity index (χ3n) is 3.90. The van der Waals surface area contributed by atoms with Crippen LogP contribution in [0, 0.1) is 0 Å². The van der Waals surface area contributed by atoms with Crippen molar-refractivity contribution in [2.75, 3.05) is 6.16 Å². The number of alkyl halides is 19. The van der Waals surface area contributed by atoms with Crippen molar-refractivity contribution in [1.82, 2.24) is 0 Å². The Morgan fingerprint density at radius 3 is 0.912 bits per heavy atom. The highest BCUT2D eigenvalue weighted by atomic mass is 31.2. The lowest BCUT2D eigenvalue weighted by Gasteiger charge is -2.43. The lowest BCUT2D eigenvalue weighted by Crippen LogP contribution is -2.75. The van der Waals surface area contributed by atoms with Crippen molar-refractivity contribution >= 4 is 7.60 Å². The molecule has 0 bridgehead atoms. The van der Waals surface area contributed by atoms with Gasteiger partial charge in [0.05, 0.1) is 6.16 Å². The van der Waals surface area contributed by atoms with Crippen LogP contribution in [0.3, 0.4) is 0 Å². The van der Waals surface area contributed by atoms with Gasteiger partial charge in [-0.15, -0.1) is 0 Å². The second kappa shape index (κ2) is 8.17. The minimum absolute atomic E-state index is 2.56. The monoisotopic (exact) mass is 578 g/mol. The van der Waals surface area contributed by atoms with Crippen molar-refractivity contribution in [3.63, 3.8) is 0 Å². The van der Waals surface area contributed by atoms with Gasteiger partial charge in [0.25, 0.3) is 0 Å². The molecule has 2 N–H and O–H groups in total. The van der Waals surface area contributed by atoms with Crippen LogP contribution >= 0.6 is 7.60 Å². The van der Waals surface area contributed by atoms with Crippen molar-refractivity contribution < 1.29 is 97.8 Å². The number of hydrogen-bond acceptors (Lipinski definition) is 1. The van der Waals surface area contributed by atoms with Gasteiger partial charge in [0, 0.05) is 6.42 Å². The van der Waals surface area contributed by atoms with E-state index in [1.165, 1.54) is 0 Å². The first-order chi connectivity index (χ1) is 14.2. The third kappa shape index (κ3) is 4.53.